The number of rotatable bonds is 3. The smallest absolute Gasteiger partial charge is 0.330 e. The maximum atomic E-state index is 13.0. The Balaban J connectivity index is 1.61. The molecule has 0 saturated carbocycles. The van der Waals surface area contributed by atoms with Gasteiger partial charge in [0, 0.05) is 16.3 Å². The van der Waals surface area contributed by atoms with Gasteiger partial charge in [-0.2, -0.15) is 18.3 Å². The predicted octanol–water partition coefficient (Wildman–Crippen LogP) is 7.64. The van der Waals surface area contributed by atoms with Crippen molar-refractivity contribution in [2.45, 2.75) is 6.18 Å². The predicted molar refractivity (Wildman–Crippen MR) is 130 cm³/mol. The van der Waals surface area contributed by atoms with Crippen molar-refractivity contribution in [1.82, 2.24) is 5.43 Å². The molecule has 162 valence electrons. The highest BCUT2D eigenvalue weighted by Gasteiger charge is 2.31. The van der Waals surface area contributed by atoms with Gasteiger partial charge in [0.25, 0.3) is 0 Å². The van der Waals surface area contributed by atoms with Crippen molar-refractivity contribution < 1.29 is 13.2 Å². The number of hydrogen-bond acceptors (Lipinski definition) is 2. The first-order valence-corrected chi connectivity index (χ1v) is 10.5. The number of hydrogen-bond donors (Lipinski definition) is 2. The maximum Gasteiger partial charge on any atom is 0.416 e. The molecule has 0 unspecified atom stereocenters. The summed E-state index contributed by atoms with van der Waals surface area (Å²) in [6, 6.07) is 18.3. The van der Waals surface area contributed by atoms with E-state index in [0.29, 0.717) is 5.02 Å². The zero-order valence-electron chi connectivity index (χ0n) is 16.2. The summed E-state index contributed by atoms with van der Waals surface area (Å²) in [5.74, 6) is 0. The van der Waals surface area contributed by atoms with E-state index in [1.807, 2.05) is 48.5 Å². The molecule has 0 aliphatic heterocycles. The molecule has 0 aliphatic rings. The van der Waals surface area contributed by atoms with Crippen LogP contribution in [0.2, 0.25) is 10.0 Å². The Hall–Kier alpha value is -2.87. The maximum absolute atomic E-state index is 13.0. The van der Waals surface area contributed by atoms with Crippen LogP contribution in [0.15, 0.2) is 71.8 Å². The number of hydrazone groups is 1. The van der Waals surface area contributed by atoms with Gasteiger partial charge in [0.2, 0.25) is 0 Å². The second-order valence-electron chi connectivity index (χ2n) is 6.84. The first-order chi connectivity index (χ1) is 15.3. The second kappa shape index (κ2) is 8.94. The van der Waals surface area contributed by atoms with Gasteiger partial charge >= 0.3 is 6.18 Å². The molecule has 0 saturated heterocycles. The Labute approximate surface area is 196 Å². The fourth-order valence-corrected chi connectivity index (χ4v) is 4.01. The van der Waals surface area contributed by atoms with Crippen molar-refractivity contribution in [3.8, 4) is 0 Å². The molecular weight excluding hydrogens is 478 g/mol. The van der Waals surface area contributed by atoms with Crippen molar-refractivity contribution >= 4 is 74.0 Å². The monoisotopic (exact) mass is 491 g/mol. The third kappa shape index (κ3) is 4.50. The third-order valence-corrected chi connectivity index (χ3v) is 5.74. The summed E-state index contributed by atoms with van der Waals surface area (Å²) in [4.78, 5) is 0. The second-order valence-corrected chi connectivity index (χ2v) is 8.03. The van der Waals surface area contributed by atoms with Gasteiger partial charge in [-0.1, -0.05) is 71.7 Å². The average Bonchev–Trinajstić information content (AvgIpc) is 2.77. The number of alkyl halides is 3. The van der Waals surface area contributed by atoms with Gasteiger partial charge in [-0.05, 0) is 41.2 Å². The normalized spacial score (nSPS) is 11.9. The summed E-state index contributed by atoms with van der Waals surface area (Å²) in [5, 5.41) is 11.1. The molecule has 0 aromatic heterocycles. The zero-order valence-corrected chi connectivity index (χ0v) is 18.5. The summed E-state index contributed by atoms with van der Waals surface area (Å²) in [6.07, 6.45) is -2.90. The molecule has 4 rings (SSSR count). The van der Waals surface area contributed by atoms with E-state index in [4.69, 9.17) is 35.4 Å². The molecule has 4 aromatic rings. The molecule has 4 aromatic carbocycles. The summed E-state index contributed by atoms with van der Waals surface area (Å²) in [6.45, 7) is 0. The highest BCUT2D eigenvalue weighted by Crippen LogP contribution is 2.35. The third-order valence-electron chi connectivity index (χ3n) is 4.81. The SMILES string of the molecule is FC(F)(F)c1ccc(Cl)c(NC(=S)N/N=C\c2c3ccccc3c(Cl)c3ccccc23)c1. The number of benzene rings is 4. The first kappa shape index (κ1) is 22.3. The standard InChI is InChI=1S/C23H14Cl2F3N3S/c24-19-10-9-13(23(26,27)28)11-20(19)30-22(32)31-29-12-18-14-5-1-3-7-16(14)21(25)17-8-4-2-6-15(17)18/h1-12H,(H2,30,31,32)/b29-12-. The van der Waals surface area contributed by atoms with Crippen molar-refractivity contribution in [2.24, 2.45) is 5.10 Å². The van der Waals surface area contributed by atoms with Gasteiger partial charge in [0.05, 0.1) is 27.5 Å². The van der Waals surface area contributed by atoms with Crippen LogP contribution in [0, 0.1) is 0 Å². The van der Waals surface area contributed by atoms with E-state index in [9.17, 15) is 13.2 Å². The lowest BCUT2D eigenvalue weighted by Crippen LogP contribution is -2.24. The van der Waals surface area contributed by atoms with E-state index in [1.54, 1.807) is 6.21 Å². The summed E-state index contributed by atoms with van der Waals surface area (Å²) in [7, 11) is 0. The molecule has 2 N–H and O–H groups in total. The highest BCUT2D eigenvalue weighted by molar-refractivity contribution is 7.80. The van der Waals surface area contributed by atoms with Gasteiger partial charge < -0.3 is 5.32 Å². The number of thiocarbonyl (C=S) groups is 1. The molecule has 9 heteroatoms. The van der Waals surface area contributed by atoms with Gasteiger partial charge in [0.15, 0.2) is 5.11 Å². The van der Waals surface area contributed by atoms with Crippen LogP contribution < -0.4 is 10.7 Å². The Morgan fingerprint density at radius 3 is 2.00 bits per heavy atom. The largest absolute Gasteiger partial charge is 0.416 e. The van der Waals surface area contributed by atoms with Crippen LogP contribution in [0.5, 0.6) is 0 Å². The van der Waals surface area contributed by atoms with Crippen molar-refractivity contribution in [3.63, 3.8) is 0 Å². The lowest BCUT2D eigenvalue weighted by molar-refractivity contribution is -0.137. The fourth-order valence-electron chi connectivity index (χ4n) is 3.35. The highest BCUT2D eigenvalue weighted by atomic mass is 35.5. The van der Waals surface area contributed by atoms with Crippen LogP contribution >= 0.6 is 35.4 Å². The average molecular weight is 492 g/mol. The minimum absolute atomic E-state index is 0.00921. The quantitative estimate of drug-likeness (QED) is 0.134. The molecule has 0 heterocycles. The number of nitrogens with one attached hydrogen (secondary N) is 2. The molecule has 0 spiro atoms. The Kier molecular flexibility index (Phi) is 6.24. The van der Waals surface area contributed by atoms with Crippen LogP contribution in [0.4, 0.5) is 18.9 Å². The van der Waals surface area contributed by atoms with Gasteiger partial charge in [-0.15, -0.1) is 0 Å². The minimum Gasteiger partial charge on any atom is -0.330 e. The summed E-state index contributed by atoms with van der Waals surface area (Å²) in [5.41, 5.74) is 2.64. The molecule has 0 amide bonds. The van der Waals surface area contributed by atoms with E-state index in [-0.39, 0.29) is 15.8 Å². The van der Waals surface area contributed by atoms with Crippen molar-refractivity contribution in [3.05, 3.63) is 87.9 Å². The molecule has 0 aliphatic carbocycles. The van der Waals surface area contributed by atoms with E-state index in [0.717, 1.165) is 45.3 Å². The van der Waals surface area contributed by atoms with E-state index in [2.05, 4.69) is 15.8 Å². The van der Waals surface area contributed by atoms with Crippen LogP contribution in [0.25, 0.3) is 21.5 Å². The van der Waals surface area contributed by atoms with E-state index < -0.39 is 11.7 Å². The van der Waals surface area contributed by atoms with Crippen LogP contribution in [-0.2, 0) is 6.18 Å². The fraction of sp³-hybridized carbons (Fsp3) is 0.0435. The number of fused-ring (bicyclic) bond motifs is 2. The van der Waals surface area contributed by atoms with Crippen LogP contribution in [-0.4, -0.2) is 11.3 Å². The molecule has 0 bridgehead atoms. The summed E-state index contributed by atoms with van der Waals surface area (Å²) >= 11 is 17.8. The Morgan fingerprint density at radius 1 is 0.875 bits per heavy atom. The lowest BCUT2D eigenvalue weighted by Gasteiger charge is -2.13. The number of nitrogens with zero attached hydrogens (tertiary/aromatic N) is 1. The lowest BCUT2D eigenvalue weighted by atomic mass is 9.97. The van der Waals surface area contributed by atoms with E-state index >= 15 is 0 Å². The van der Waals surface area contributed by atoms with Gasteiger partial charge in [-0.3, -0.25) is 5.43 Å². The van der Waals surface area contributed by atoms with E-state index in [1.165, 1.54) is 0 Å². The van der Waals surface area contributed by atoms with Crippen molar-refractivity contribution in [2.75, 3.05) is 5.32 Å². The molecule has 0 fully saturated rings. The van der Waals surface area contributed by atoms with Crippen LogP contribution in [0.3, 0.4) is 0 Å². The molecule has 3 nitrogen and oxygen atoms in total. The van der Waals surface area contributed by atoms with Crippen molar-refractivity contribution in [1.29, 1.82) is 0 Å². The molecular formula is C23H14Cl2F3N3S. The van der Waals surface area contributed by atoms with Crippen LogP contribution in [0.1, 0.15) is 11.1 Å². The Bertz CT molecular complexity index is 1310. The number of anilines is 1. The molecule has 0 radical (unpaired) electrons. The summed E-state index contributed by atoms with van der Waals surface area (Å²) < 4.78 is 38.9. The van der Waals surface area contributed by atoms with Gasteiger partial charge in [0.1, 0.15) is 0 Å². The zero-order chi connectivity index (χ0) is 22.9. The number of halogens is 5. The van der Waals surface area contributed by atoms with Gasteiger partial charge in [-0.25, -0.2) is 0 Å². The minimum atomic E-state index is -4.50. The molecule has 0 atom stereocenters. The Morgan fingerprint density at radius 2 is 1.44 bits per heavy atom. The topological polar surface area (TPSA) is 36.4 Å². The first-order valence-electron chi connectivity index (χ1n) is 9.31. The molecule has 32 heavy (non-hydrogen) atoms.